The van der Waals surface area contributed by atoms with Crippen molar-refractivity contribution in [3.05, 3.63) is 23.9 Å². The zero-order chi connectivity index (χ0) is 20.9. The van der Waals surface area contributed by atoms with Crippen LogP contribution in [0.4, 0.5) is 0 Å². The van der Waals surface area contributed by atoms with Gasteiger partial charge < -0.3 is 14.2 Å². The maximum absolute atomic E-state index is 5.98. The summed E-state index contributed by atoms with van der Waals surface area (Å²) in [6, 6.07) is 4.16. The first-order valence-electron chi connectivity index (χ1n) is 10.8. The Morgan fingerprint density at radius 2 is 1.64 bits per heavy atom. The third kappa shape index (κ3) is 8.91. The van der Waals surface area contributed by atoms with Crippen LogP contribution in [0.2, 0.25) is 0 Å². The molecule has 1 fully saturated rings. The fourth-order valence-corrected chi connectivity index (χ4v) is 3.61. The van der Waals surface area contributed by atoms with Crippen LogP contribution in [-0.4, -0.2) is 35.0 Å². The van der Waals surface area contributed by atoms with Gasteiger partial charge in [0.25, 0.3) is 0 Å². The van der Waals surface area contributed by atoms with E-state index in [2.05, 4.69) is 66.4 Å². The molecule has 0 spiro atoms. The van der Waals surface area contributed by atoms with E-state index < -0.39 is 0 Å². The molecule has 0 radical (unpaired) electrons. The molecule has 2 unspecified atom stereocenters. The van der Waals surface area contributed by atoms with E-state index in [1.54, 1.807) is 0 Å². The van der Waals surface area contributed by atoms with Crippen LogP contribution in [0, 0.1) is 11.8 Å². The van der Waals surface area contributed by atoms with E-state index in [9.17, 15) is 0 Å². The van der Waals surface area contributed by atoms with Gasteiger partial charge in [-0.05, 0) is 71.8 Å². The monoisotopic (exact) mass is 391 g/mol. The van der Waals surface area contributed by atoms with Crippen molar-refractivity contribution < 1.29 is 14.2 Å². The third-order valence-electron chi connectivity index (χ3n) is 4.85. The van der Waals surface area contributed by atoms with Crippen LogP contribution in [-0.2, 0) is 15.9 Å². The van der Waals surface area contributed by atoms with Crippen LogP contribution in [0.5, 0.6) is 5.88 Å². The molecule has 0 aromatic carbocycles. The number of nitrogens with zero attached hydrogens (tertiary/aromatic N) is 1. The average Bonchev–Trinajstić information content (AvgIpc) is 2.50. The van der Waals surface area contributed by atoms with Gasteiger partial charge in [-0.2, -0.15) is 0 Å². The molecule has 0 saturated heterocycles. The minimum atomic E-state index is -0.0808. The first-order chi connectivity index (χ1) is 12.9. The van der Waals surface area contributed by atoms with Crippen molar-refractivity contribution >= 4 is 0 Å². The largest absolute Gasteiger partial charge is 0.474 e. The topological polar surface area (TPSA) is 40.6 Å². The van der Waals surface area contributed by atoms with Crippen LogP contribution in [0.3, 0.4) is 0 Å². The second-order valence-electron chi connectivity index (χ2n) is 10.6. The summed E-state index contributed by atoms with van der Waals surface area (Å²) in [7, 11) is 0. The molecule has 1 aromatic rings. The minimum absolute atomic E-state index is 0.0590. The molecule has 4 heteroatoms. The lowest BCUT2D eigenvalue weighted by molar-refractivity contribution is -0.127. The fraction of sp³-hybridized carbons (Fsp3) is 0.792. The molecule has 1 aromatic heterocycles. The minimum Gasteiger partial charge on any atom is -0.474 e. The van der Waals surface area contributed by atoms with Crippen LogP contribution in [0.1, 0.15) is 80.2 Å². The number of pyridine rings is 1. The lowest BCUT2D eigenvalue weighted by Crippen LogP contribution is -2.43. The van der Waals surface area contributed by atoms with Crippen molar-refractivity contribution in [2.24, 2.45) is 11.8 Å². The molecule has 0 aliphatic heterocycles. The van der Waals surface area contributed by atoms with E-state index in [1.165, 1.54) is 5.56 Å². The number of hydrogen-bond acceptors (Lipinski definition) is 4. The van der Waals surface area contributed by atoms with Gasteiger partial charge in [0.1, 0.15) is 6.10 Å². The Bertz CT molecular complexity index is 579. The Balaban J connectivity index is 1.70. The predicted octanol–water partition coefficient (Wildman–Crippen LogP) is 5.83. The highest BCUT2D eigenvalue weighted by Crippen LogP contribution is 2.30. The van der Waals surface area contributed by atoms with E-state index in [4.69, 9.17) is 14.2 Å². The van der Waals surface area contributed by atoms with Crippen molar-refractivity contribution in [3.63, 3.8) is 0 Å². The first-order valence-corrected chi connectivity index (χ1v) is 10.8. The van der Waals surface area contributed by atoms with Gasteiger partial charge >= 0.3 is 0 Å². The lowest BCUT2D eigenvalue weighted by Gasteiger charge is -2.38. The van der Waals surface area contributed by atoms with Crippen molar-refractivity contribution in [2.75, 3.05) is 6.61 Å². The summed E-state index contributed by atoms with van der Waals surface area (Å²) in [5, 5.41) is 0. The van der Waals surface area contributed by atoms with E-state index >= 15 is 0 Å². The Labute approximate surface area is 172 Å². The Morgan fingerprint density at radius 1 is 0.964 bits per heavy atom. The Morgan fingerprint density at radius 3 is 2.18 bits per heavy atom. The van der Waals surface area contributed by atoms with Crippen LogP contribution in [0.25, 0.3) is 0 Å². The Kier molecular flexibility index (Phi) is 7.92. The molecule has 2 rings (SSSR count). The summed E-state index contributed by atoms with van der Waals surface area (Å²) < 4.78 is 17.8. The van der Waals surface area contributed by atoms with Crippen molar-refractivity contribution in [1.82, 2.24) is 4.98 Å². The van der Waals surface area contributed by atoms with Gasteiger partial charge in [0.05, 0.1) is 17.3 Å². The predicted molar refractivity (Wildman–Crippen MR) is 115 cm³/mol. The van der Waals surface area contributed by atoms with Gasteiger partial charge in [-0.1, -0.05) is 19.9 Å². The van der Waals surface area contributed by atoms with Gasteiger partial charge in [-0.15, -0.1) is 0 Å². The molecule has 0 amide bonds. The molecule has 0 N–H and O–H groups in total. The van der Waals surface area contributed by atoms with E-state index in [0.29, 0.717) is 17.9 Å². The second-order valence-corrected chi connectivity index (χ2v) is 10.6. The fourth-order valence-electron chi connectivity index (χ4n) is 3.61. The standard InChI is InChI=1S/C24H41NO3/c1-17(11-18(2)16-26-23(3,4)5)12-19-9-10-22(25-15-19)27-20-13-21(14-20)28-24(6,7)8/h9-10,15,17-18,20-21H,11-14,16H2,1-8H3. The van der Waals surface area contributed by atoms with E-state index in [1.807, 2.05) is 12.3 Å². The van der Waals surface area contributed by atoms with Crippen molar-refractivity contribution in [3.8, 4) is 5.88 Å². The molecule has 1 aliphatic rings. The molecule has 160 valence electrons. The van der Waals surface area contributed by atoms with Crippen LogP contribution >= 0.6 is 0 Å². The lowest BCUT2D eigenvalue weighted by atomic mass is 9.91. The summed E-state index contributed by atoms with van der Waals surface area (Å²) in [4.78, 5) is 4.51. The maximum atomic E-state index is 5.98. The summed E-state index contributed by atoms with van der Waals surface area (Å²) in [5.74, 6) is 1.89. The smallest absolute Gasteiger partial charge is 0.213 e. The average molecular weight is 392 g/mol. The number of aromatic nitrogens is 1. The van der Waals surface area contributed by atoms with Gasteiger partial charge in [0.2, 0.25) is 5.88 Å². The SMILES string of the molecule is CC(COC(C)(C)C)CC(C)Cc1ccc(OC2CC(OC(C)(C)C)C2)nc1. The molecule has 2 atom stereocenters. The molecule has 0 bridgehead atoms. The van der Waals surface area contributed by atoms with Crippen LogP contribution in [0.15, 0.2) is 18.3 Å². The summed E-state index contributed by atoms with van der Waals surface area (Å²) in [6.07, 6.45) is 6.61. The summed E-state index contributed by atoms with van der Waals surface area (Å²) in [6.45, 7) is 18.0. The summed E-state index contributed by atoms with van der Waals surface area (Å²) in [5.41, 5.74) is 1.13. The first kappa shape index (κ1) is 23.2. The number of hydrogen-bond donors (Lipinski definition) is 0. The van der Waals surface area contributed by atoms with Gasteiger partial charge in [-0.3, -0.25) is 0 Å². The van der Waals surface area contributed by atoms with E-state index in [-0.39, 0.29) is 17.3 Å². The molecule has 1 aliphatic carbocycles. The molecular weight excluding hydrogens is 350 g/mol. The normalized spacial score (nSPS) is 22.4. The molecule has 4 nitrogen and oxygen atoms in total. The van der Waals surface area contributed by atoms with Crippen molar-refractivity contribution in [1.29, 1.82) is 0 Å². The van der Waals surface area contributed by atoms with Gasteiger partial charge in [0, 0.05) is 31.7 Å². The second kappa shape index (κ2) is 9.58. The zero-order valence-electron chi connectivity index (χ0n) is 19.2. The Hall–Kier alpha value is -1.13. The molecular formula is C24H41NO3. The highest BCUT2D eigenvalue weighted by Gasteiger charge is 2.34. The van der Waals surface area contributed by atoms with Gasteiger partial charge in [-0.25, -0.2) is 4.98 Å². The maximum Gasteiger partial charge on any atom is 0.213 e. The quantitative estimate of drug-likeness (QED) is 0.531. The highest BCUT2D eigenvalue weighted by atomic mass is 16.5. The van der Waals surface area contributed by atoms with E-state index in [0.717, 1.165) is 38.2 Å². The van der Waals surface area contributed by atoms with Crippen LogP contribution < -0.4 is 4.74 Å². The zero-order valence-corrected chi connectivity index (χ0v) is 19.2. The molecule has 1 heterocycles. The third-order valence-corrected chi connectivity index (χ3v) is 4.85. The highest BCUT2D eigenvalue weighted by molar-refractivity contribution is 5.18. The number of ether oxygens (including phenoxy) is 3. The summed E-state index contributed by atoms with van der Waals surface area (Å²) >= 11 is 0. The van der Waals surface area contributed by atoms with Gasteiger partial charge in [0.15, 0.2) is 0 Å². The molecule has 28 heavy (non-hydrogen) atoms. The number of rotatable bonds is 9. The molecule has 1 saturated carbocycles. The van der Waals surface area contributed by atoms with Crippen molar-refractivity contribution in [2.45, 2.75) is 104 Å².